The molecule has 1 saturated heterocycles. The molecule has 1 N–H and O–H groups in total. The van der Waals surface area contributed by atoms with E-state index < -0.39 is 18.1 Å². The number of amides is 1. The standard InChI is InChI=1S/C20H23N3O4/c1-23(18-7-2-3-12-21-18)13-14-26-16-10-8-15(9-11-16)5-4-6-17-19(24)27-20(25)22-17/h2-3,7-12,17H,4-6,13-14H2,1H3,(H,22,25). The van der Waals surface area contributed by atoms with Gasteiger partial charge in [-0.1, -0.05) is 18.2 Å². The van der Waals surface area contributed by atoms with Crippen LogP contribution in [-0.2, 0) is 16.0 Å². The Hall–Kier alpha value is -3.09. The number of hydrogen-bond donors (Lipinski definition) is 1. The number of aromatic nitrogens is 1. The van der Waals surface area contributed by atoms with Crippen LogP contribution in [0.4, 0.5) is 10.6 Å². The number of pyridine rings is 1. The maximum absolute atomic E-state index is 11.4. The lowest BCUT2D eigenvalue weighted by molar-refractivity contribution is -0.135. The lowest BCUT2D eigenvalue weighted by Gasteiger charge is -2.18. The van der Waals surface area contributed by atoms with Crippen molar-refractivity contribution in [1.82, 2.24) is 10.3 Å². The van der Waals surface area contributed by atoms with E-state index in [0.29, 0.717) is 13.0 Å². The Kier molecular flexibility index (Phi) is 6.25. The molecule has 7 heteroatoms. The molecule has 27 heavy (non-hydrogen) atoms. The van der Waals surface area contributed by atoms with Gasteiger partial charge in [-0.2, -0.15) is 0 Å². The fourth-order valence-corrected chi connectivity index (χ4v) is 2.84. The quantitative estimate of drug-likeness (QED) is 0.540. The largest absolute Gasteiger partial charge is 0.492 e. The highest BCUT2D eigenvalue weighted by Gasteiger charge is 2.31. The number of alkyl carbamates (subject to hydrolysis) is 1. The van der Waals surface area contributed by atoms with Crippen LogP contribution in [0.15, 0.2) is 48.7 Å². The number of aryl methyl sites for hydroxylation is 1. The van der Waals surface area contributed by atoms with E-state index in [2.05, 4.69) is 15.0 Å². The van der Waals surface area contributed by atoms with E-state index >= 15 is 0 Å². The molecule has 0 aliphatic carbocycles. The third kappa shape index (κ3) is 5.44. The van der Waals surface area contributed by atoms with E-state index in [9.17, 15) is 9.59 Å². The van der Waals surface area contributed by atoms with Crippen molar-refractivity contribution in [2.75, 3.05) is 25.1 Å². The molecule has 1 aliphatic heterocycles. The van der Waals surface area contributed by atoms with Crippen molar-refractivity contribution in [2.24, 2.45) is 0 Å². The summed E-state index contributed by atoms with van der Waals surface area (Å²) in [5, 5.41) is 2.50. The molecule has 1 amide bonds. The Bertz CT molecular complexity index is 765. The normalized spacial score (nSPS) is 16.0. The Balaban J connectivity index is 1.37. The number of nitrogens with one attached hydrogen (secondary N) is 1. The van der Waals surface area contributed by atoms with Gasteiger partial charge in [0.25, 0.3) is 0 Å². The average molecular weight is 369 g/mol. The topological polar surface area (TPSA) is 80.8 Å². The minimum absolute atomic E-state index is 0.487. The molecule has 1 atom stereocenters. The molecular formula is C20H23N3O4. The second-order valence-corrected chi connectivity index (χ2v) is 6.40. The summed E-state index contributed by atoms with van der Waals surface area (Å²) >= 11 is 0. The summed E-state index contributed by atoms with van der Waals surface area (Å²) in [5.41, 5.74) is 1.16. The Labute approximate surface area is 158 Å². The Morgan fingerprint density at radius 3 is 2.67 bits per heavy atom. The van der Waals surface area contributed by atoms with Gasteiger partial charge in [0.1, 0.15) is 24.2 Å². The van der Waals surface area contributed by atoms with E-state index in [-0.39, 0.29) is 0 Å². The highest BCUT2D eigenvalue weighted by Crippen LogP contribution is 2.16. The lowest BCUT2D eigenvalue weighted by Crippen LogP contribution is -2.28. The first-order valence-electron chi connectivity index (χ1n) is 8.98. The number of carbonyl (C=O) groups excluding carboxylic acids is 2. The smallest absolute Gasteiger partial charge is 0.415 e. The summed E-state index contributed by atoms with van der Waals surface area (Å²) in [6.07, 6.45) is 3.30. The maximum atomic E-state index is 11.4. The molecule has 0 saturated carbocycles. The number of likely N-dealkylation sites (N-methyl/N-ethyl adjacent to an activating group) is 1. The van der Waals surface area contributed by atoms with Crippen molar-refractivity contribution in [3.05, 3.63) is 54.2 Å². The number of ether oxygens (including phenoxy) is 2. The Morgan fingerprint density at radius 1 is 1.19 bits per heavy atom. The van der Waals surface area contributed by atoms with Crippen molar-refractivity contribution in [3.63, 3.8) is 0 Å². The first kappa shape index (κ1) is 18.7. The van der Waals surface area contributed by atoms with Gasteiger partial charge in [0, 0.05) is 13.2 Å². The number of rotatable bonds is 9. The Morgan fingerprint density at radius 2 is 2.00 bits per heavy atom. The molecule has 1 aromatic heterocycles. The summed E-state index contributed by atoms with van der Waals surface area (Å²) in [6.45, 7) is 1.30. The van der Waals surface area contributed by atoms with Crippen LogP contribution in [-0.4, -0.2) is 43.3 Å². The highest BCUT2D eigenvalue weighted by atomic mass is 16.6. The van der Waals surface area contributed by atoms with Crippen LogP contribution < -0.4 is 15.0 Å². The number of nitrogens with zero attached hydrogens (tertiary/aromatic N) is 2. The van der Waals surface area contributed by atoms with Crippen LogP contribution in [0.25, 0.3) is 0 Å². The fraction of sp³-hybridized carbons (Fsp3) is 0.350. The van der Waals surface area contributed by atoms with Crippen LogP contribution in [0.3, 0.4) is 0 Å². The number of benzene rings is 1. The molecule has 2 heterocycles. The molecule has 142 valence electrons. The van der Waals surface area contributed by atoms with Crippen molar-refractivity contribution in [1.29, 1.82) is 0 Å². The van der Waals surface area contributed by atoms with E-state index in [1.165, 1.54) is 0 Å². The van der Waals surface area contributed by atoms with Crippen LogP contribution >= 0.6 is 0 Å². The van der Waals surface area contributed by atoms with Crippen LogP contribution in [0.2, 0.25) is 0 Å². The van der Waals surface area contributed by atoms with Gasteiger partial charge in [0.2, 0.25) is 0 Å². The average Bonchev–Trinajstić information content (AvgIpc) is 3.01. The maximum Gasteiger partial charge on any atom is 0.415 e. The van der Waals surface area contributed by atoms with Gasteiger partial charge in [-0.15, -0.1) is 0 Å². The van der Waals surface area contributed by atoms with Gasteiger partial charge in [0.15, 0.2) is 0 Å². The zero-order valence-corrected chi connectivity index (χ0v) is 15.3. The van der Waals surface area contributed by atoms with Gasteiger partial charge in [-0.3, -0.25) is 0 Å². The minimum atomic E-state index is -0.653. The second kappa shape index (κ2) is 9.02. The van der Waals surface area contributed by atoms with Crippen molar-refractivity contribution < 1.29 is 19.1 Å². The number of hydrogen-bond acceptors (Lipinski definition) is 6. The van der Waals surface area contributed by atoms with Gasteiger partial charge < -0.3 is 19.7 Å². The molecule has 0 spiro atoms. The summed E-state index contributed by atoms with van der Waals surface area (Å²) in [5.74, 6) is 1.25. The number of anilines is 1. The van der Waals surface area contributed by atoms with E-state index in [1.54, 1.807) is 6.20 Å². The lowest BCUT2D eigenvalue weighted by atomic mass is 10.0. The first-order chi connectivity index (χ1) is 13.1. The zero-order chi connectivity index (χ0) is 19.1. The summed E-state index contributed by atoms with van der Waals surface area (Å²) in [6, 6.07) is 13.2. The van der Waals surface area contributed by atoms with E-state index in [4.69, 9.17) is 4.74 Å². The van der Waals surface area contributed by atoms with Gasteiger partial charge in [-0.05, 0) is 49.1 Å². The van der Waals surface area contributed by atoms with Crippen molar-refractivity contribution in [2.45, 2.75) is 25.3 Å². The molecule has 2 aromatic rings. The number of esters is 1. The van der Waals surface area contributed by atoms with Gasteiger partial charge in [-0.25, -0.2) is 14.6 Å². The van der Waals surface area contributed by atoms with Gasteiger partial charge >= 0.3 is 12.1 Å². The summed E-state index contributed by atoms with van der Waals surface area (Å²) in [7, 11) is 1.98. The summed E-state index contributed by atoms with van der Waals surface area (Å²) in [4.78, 5) is 28.7. The number of carbonyl (C=O) groups is 2. The molecule has 1 aromatic carbocycles. The summed E-state index contributed by atoms with van der Waals surface area (Å²) < 4.78 is 10.2. The number of cyclic esters (lactones) is 2. The molecule has 3 rings (SSSR count). The van der Waals surface area contributed by atoms with Gasteiger partial charge in [0.05, 0.1) is 6.54 Å². The third-order valence-corrected chi connectivity index (χ3v) is 4.39. The third-order valence-electron chi connectivity index (χ3n) is 4.39. The fourth-order valence-electron chi connectivity index (χ4n) is 2.84. The predicted molar refractivity (Wildman–Crippen MR) is 101 cm³/mol. The minimum Gasteiger partial charge on any atom is -0.492 e. The molecular weight excluding hydrogens is 346 g/mol. The van der Waals surface area contributed by atoms with E-state index in [0.717, 1.165) is 36.5 Å². The molecule has 0 radical (unpaired) electrons. The highest BCUT2D eigenvalue weighted by molar-refractivity contribution is 5.95. The SMILES string of the molecule is CN(CCOc1ccc(CCCC2NC(=O)OC2=O)cc1)c1ccccn1. The molecule has 1 fully saturated rings. The molecule has 0 bridgehead atoms. The monoisotopic (exact) mass is 369 g/mol. The van der Waals surface area contributed by atoms with E-state index in [1.807, 2.05) is 54.4 Å². The first-order valence-corrected chi connectivity index (χ1v) is 8.98. The van der Waals surface area contributed by atoms with Crippen LogP contribution in [0.5, 0.6) is 5.75 Å². The van der Waals surface area contributed by atoms with Crippen LogP contribution in [0, 0.1) is 0 Å². The molecule has 1 aliphatic rings. The van der Waals surface area contributed by atoms with Crippen LogP contribution in [0.1, 0.15) is 18.4 Å². The molecule has 1 unspecified atom stereocenters. The molecule has 7 nitrogen and oxygen atoms in total. The zero-order valence-electron chi connectivity index (χ0n) is 15.3. The second-order valence-electron chi connectivity index (χ2n) is 6.40. The predicted octanol–water partition coefficient (Wildman–Crippen LogP) is 2.55. The van der Waals surface area contributed by atoms with Crippen molar-refractivity contribution >= 4 is 17.9 Å². The van der Waals surface area contributed by atoms with Crippen molar-refractivity contribution in [3.8, 4) is 5.75 Å².